The summed E-state index contributed by atoms with van der Waals surface area (Å²) >= 11 is 0. The smallest absolute Gasteiger partial charge is 0.326 e. The second-order valence-corrected chi connectivity index (χ2v) is 4.82. The molecule has 2 atom stereocenters. The van der Waals surface area contributed by atoms with Crippen LogP contribution < -0.4 is 10.1 Å². The lowest BCUT2D eigenvalue weighted by Crippen LogP contribution is -2.47. The van der Waals surface area contributed by atoms with Crippen molar-refractivity contribution in [2.75, 3.05) is 6.61 Å². The molecule has 1 aliphatic heterocycles. The lowest BCUT2D eigenvalue weighted by atomic mass is 9.95. The highest BCUT2D eigenvalue weighted by atomic mass is 16.5. The fourth-order valence-corrected chi connectivity index (χ4v) is 2.16. The van der Waals surface area contributed by atoms with E-state index in [0.717, 1.165) is 5.56 Å². The maximum atomic E-state index is 12.1. The predicted octanol–water partition coefficient (Wildman–Crippen LogP) is 0.282. The molecule has 1 aromatic carbocycles. The Kier molecular flexibility index (Phi) is 4.42. The molecule has 0 aromatic heterocycles. The summed E-state index contributed by atoms with van der Waals surface area (Å²) < 4.78 is 5.46. The monoisotopic (exact) mass is 293 g/mol. The third-order valence-electron chi connectivity index (χ3n) is 3.24. The van der Waals surface area contributed by atoms with Gasteiger partial charge in [-0.3, -0.25) is 9.59 Å². The lowest BCUT2D eigenvalue weighted by molar-refractivity contribution is -0.147. The van der Waals surface area contributed by atoms with Gasteiger partial charge in [0.25, 0.3) is 0 Å². The van der Waals surface area contributed by atoms with E-state index in [-0.39, 0.29) is 6.61 Å². The van der Waals surface area contributed by atoms with E-state index in [1.807, 2.05) is 18.2 Å². The van der Waals surface area contributed by atoms with Crippen LogP contribution in [0.4, 0.5) is 0 Å². The van der Waals surface area contributed by atoms with E-state index >= 15 is 0 Å². The number of rotatable bonds is 5. The Hall–Kier alpha value is -2.57. The standard InChI is InChI=1S/C14H15NO6/c16-12(17)6-10(14(19)20)15-13(18)9-5-8-3-1-2-4-11(8)21-7-9/h1-4,9-10H,5-7H2,(H,15,18)(H,16,17)(H,19,20)/t9?,10-/m0/s1. The van der Waals surface area contributed by atoms with Crippen LogP contribution in [0.3, 0.4) is 0 Å². The highest BCUT2D eigenvalue weighted by Crippen LogP contribution is 2.26. The van der Waals surface area contributed by atoms with Gasteiger partial charge in [-0.15, -0.1) is 0 Å². The summed E-state index contributed by atoms with van der Waals surface area (Å²) in [6.45, 7) is 0.141. The number of carboxylic acid groups (broad SMARTS) is 2. The molecule has 0 fully saturated rings. The number of ether oxygens (including phenoxy) is 1. The number of benzene rings is 1. The van der Waals surface area contributed by atoms with Gasteiger partial charge in [-0.1, -0.05) is 18.2 Å². The van der Waals surface area contributed by atoms with Gasteiger partial charge in [0, 0.05) is 0 Å². The molecule has 112 valence electrons. The van der Waals surface area contributed by atoms with Gasteiger partial charge in [0.15, 0.2) is 0 Å². The van der Waals surface area contributed by atoms with Crippen molar-refractivity contribution in [1.82, 2.24) is 5.32 Å². The Morgan fingerprint density at radius 2 is 2.00 bits per heavy atom. The van der Waals surface area contributed by atoms with Gasteiger partial charge in [0.2, 0.25) is 5.91 Å². The minimum Gasteiger partial charge on any atom is -0.492 e. The highest BCUT2D eigenvalue weighted by Gasteiger charge is 2.30. The molecule has 0 saturated carbocycles. The van der Waals surface area contributed by atoms with Crippen molar-refractivity contribution >= 4 is 17.8 Å². The molecule has 2 rings (SSSR count). The van der Waals surface area contributed by atoms with Crippen LogP contribution in [0, 0.1) is 5.92 Å². The van der Waals surface area contributed by atoms with Crippen LogP contribution in [0.1, 0.15) is 12.0 Å². The van der Waals surface area contributed by atoms with Crippen LogP contribution in [0.15, 0.2) is 24.3 Å². The maximum Gasteiger partial charge on any atom is 0.326 e. The quantitative estimate of drug-likeness (QED) is 0.719. The molecule has 0 aliphatic carbocycles. The molecule has 0 radical (unpaired) electrons. The van der Waals surface area contributed by atoms with E-state index < -0.39 is 36.2 Å². The van der Waals surface area contributed by atoms with Gasteiger partial charge in [-0.2, -0.15) is 0 Å². The Bertz CT molecular complexity index is 570. The lowest BCUT2D eigenvalue weighted by Gasteiger charge is -2.25. The highest BCUT2D eigenvalue weighted by molar-refractivity contribution is 5.88. The number of carboxylic acids is 2. The first kappa shape index (κ1) is 14.8. The molecule has 0 spiro atoms. The van der Waals surface area contributed by atoms with E-state index in [0.29, 0.717) is 12.2 Å². The SMILES string of the molecule is O=C(O)C[C@H](NC(=O)C1COc2ccccc2C1)C(=O)O. The number of para-hydroxylation sites is 1. The number of fused-ring (bicyclic) bond motifs is 1. The first-order chi connectivity index (χ1) is 9.97. The fraction of sp³-hybridized carbons (Fsp3) is 0.357. The molecule has 1 heterocycles. The van der Waals surface area contributed by atoms with Gasteiger partial charge in [-0.25, -0.2) is 4.79 Å². The maximum absolute atomic E-state index is 12.1. The Labute approximate surface area is 120 Å². The predicted molar refractivity (Wildman–Crippen MR) is 71.0 cm³/mol. The Balaban J connectivity index is 2.01. The normalized spacial score (nSPS) is 18.0. The largest absolute Gasteiger partial charge is 0.492 e. The number of carbonyl (C=O) groups excluding carboxylic acids is 1. The summed E-state index contributed by atoms with van der Waals surface area (Å²) in [6.07, 6.45) is -0.230. The fourth-order valence-electron chi connectivity index (χ4n) is 2.16. The molecule has 21 heavy (non-hydrogen) atoms. The molecular weight excluding hydrogens is 278 g/mol. The van der Waals surface area contributed by atoms with Crippen LogP contribution in [-0.4, -0.2) is 40.7 Å². The zero-order valence-electron chi connectivity index (χ0n) is 11.1. The summed E-state index contributed by atoms with van der Waals surface area (Å²) in [6, 6.07) is 5.85. The van der Waals surface area contributed by atoms with Crippen molar-refractivity contribution in [3.05, 3.63) is 29.8 Å². The van der Waals surface area contributed by atoms with E-state index in [4.69, 9.17) is 14.9 Å². The van der Waals surface area contributed by atoms with Crippen molar-refractivity contribution in [3.63, 3.8) is 0 Å². The number of hydrogen-bond acceptors (Lipinski definition) is 4. The first-order valence-corrected chi connectivity index (χ1v) is 6.43. The average Bonchev–Trinajstić information content (AvgIpc) is 2.45. The van der Waals surface area contributed by atoms with Crippen molar-refractivity contribution in [3.8, 4) is 5.75 Å². The number of nitrogens with one attached hydrogen (secondary N) is 1. The molecule has 3 N–H and O–H groups in total. The van der Waals surface area contributed by atoms with Crippen LogP contribution in [0.5, 0.6) is 5.75 Å². The number of aliphatic carboxylic acids is 2. The summed E-state index contributed by atoms with van der Waals surface area (Å²) in [5.74, 6) is -2.99. The zero-order valence-corrected chi connectivity index (χ0v) is 11.1. The average molecular weight is 293 g/mol. The second-order valence-electron chi connectivity index (χ2n) is 4.82. The molecule has 1 amide bonds. The first-order valence-electron chi connectivity index (χ1n) is 6.43. The molecule has 1 unspecified atom stereocenters. The summed E-state index contributed by atoms with van der Waals surface area (Å²) in [7, 11) is 0. The minimum atomic E-state index is -1.44. The Morgan fingerprint density at radius 3 is 2.67 bits per heavy atom. The van der Waals surface area contributed by atoms with Gasteiger partial charge in [0.1, 0.15) is 18.4 Å². The summed E-state index contributed by atoms with van der Waals surface area (Å²) in [4.78, 5) is 33.6. The van der Waals surface area contributed by atoms with Crippen molar-refractivity contribution < 1.29 is 29.3 Å². The molecular formula is C14H15NO6. The number of amides is 1. The van der Waals surface area contributed by atoms with Gasteiger partial charge < -0.3 is 20.3 Å². The van der Waals surface area contributed by atoms with Crippen LogP contribution >= 0.6 is 0 Å². The van der Waals surface area contributed by atoms with E-state index in [9.17, 15) is 14.4 Å². The number of carbonyl (C=O) groups is 3. The Morgan fingerprint density at radius 1 is 1.29 bits per heavy atom. The minimum absolute atomic E-state index is 0.141. The van der Waals surface area contributed by atoms with Gasteiger partial charge in [-0.05, 0) is 18.1 Å². The van der Waals surface area contributed by atoms with E-state index in [1.165, 1.54) is 0 Å². The van der Waals surface area contributed by atoms with Crippen LogP contribution in [0.25, 0.3) is 0 Å². The topological polar surface area (TPSA) is 113 Å². The van der Waals surface area contributed by atoms with Gasteiger partial charge in [0.05, 0.1) is 12.3 Å². The van der Waals surface area contributed by atoms with Crippen molar-refractivity contribution in [2.24, 2.45) is 5.92 Å². The second kappa shape index (κ2) is 6.25. The van der Waals surface area contributed by atoms with Crippen molar-refractivity contribution in [1.29, 1.82) is 0 Å². The van der Waals surface area contributed by atoms with Crippen LogP contribution in [0.2, 0.25) is 0 Å². The molecule has 7 heteroatoms. The van der Waals surface area contributed by atoms with E-state index in [2.05, 4.69) is 5.32 Å². The van der Waals surface area contributed by atoms with Crippen LogP contribution in [-0.2, 0) is 20.8 Å². The van der Waals surface area contributed by atoms with Gasteiger partial charge >= 0.3 is 11.9 Å². The summed E-state index contributed by atoms with van der Waals surface area (Å²) in [5.41, 5.74) is 0.869. The molecule has 7 nitrogen and oxygen atoms in total. The van der Waals surface area contributed by atoms with Crippen molar-refractivity contribution in [2.45, 2.75) is 18.9 Å². The number of hydrogen-bond donors (Lipinski definition) is 3. The summed E-state index contributed by atoms with van der Waals surface area (Å²) in [5, 5.41) is 19.8. The third-order valence-corrected chi connectivity index (χ3v) is 3.24. The molecule has 0 bridgehead atoms. The van der Waals surface area contributed by atoms with E-state index in [1.54, 1.807) is 6.07 Å². The zero-order chi connectivity index (χ0) is 15.4. The molecule has 1 aromatic rings. The third kappa shape index (κ3) is 3.71. The molecule has 1 aliphatic rings. The molecule has 0 saturated heterocycles.